The molecule has 0 saturated carbocycles. The second kappa shape index (κ2) is 5.66. The highest BCUT2D eigenvalue weighted by atomic mass is 79.9. The first kappa shape index (κ1) is 14.4. The largest absolute Gasteiger partial charge is 0.487 e. The molecule has 1 spiro atoms. The molecule has 2 unspecified atom stereocenters. The molecule has 3 nitrogen and oxygen atoms in total. The van der Waals surface area contributed by atoms with Crippen LogP contribution in [0.15, 0.2) is 22.7 Å². The molecular weight excluding hydrogens is 316 g/mol. The minimum absolute atomic E-state index is 0.0514. The molecule has 1 fully saturated rings. The zero-order chi connectivity index (χ0) is 14.2. The van der Waals surface area contributed by atoms with Gasteiger partial charge in [-0.15, -0.1) is 0 Å². The highest BCUT2D eigenvalue weighted by Crippen LogP contribution is 2.44. The molecule has 1 saturated heterocycles. The van der Waals surface area contributed by atoms with E-state index in [9.17, 15) is 0 Å². The Morgan fingerprint density at radius 2 is 2.25 bits per heavy atom. The minimum atomic E-state index is -0.0514. The summed E-state index contributed by atoms with van der Waals surface area (Å²) in [6, 6.07) is 6.29. The molecule has 0 amide bonds. The smallest absolute Gasteiger partial charge is 0.124 e. The van der Waals surface area contributed by atoms with E-state index in [0.717, 1.165) is 48.1 Å². The van der Waals surface area contributed by atoms with Crippen molar-refractivity contribution < 1.29 is 4.74 Å². The Kier molecular flexibility index (Phi) is 4.07. The lowest BCUT2D eigenvalue weighted by Gasteiger charge is -2.41. The number of likely N-dealkylation sites (tertiary alicyclic amines) is 1. The van der Waals surface area contributed by atoms with E-state index in [0.29, 0.717) is 0 Å². The molecule has 0 radical (unpaired) electrons. The summed E-state index contributed by atoms with van der Waals surface area (Å²) in [5.41, 5.74) is 7.51. The van der Waals surface area contributed by atoms with Crippen molar-refractivity contribution in [1.29, 1.82) is 0 Å². The third kappa shape index (κ3) is 2.74. The predicted octanol–water partition coefficient (Wildman–Crippen LogP) is 3.48. The van der Waals surface area contributed by atoms with Gasteiger partial charge < -0.3 is 15.4 Å². The Bertz CT molecular complexity index is 493. The van der Waals surface area contributed by atoms with Crippen molar-refractivity contribution in [2.45, 2.75) is 44.2 Å². The maximum Gasteiger partial charge on any atom is 0.124 e. The van der Waals surface area contributed by atoms with E-state index < -0.39 is 0 Å². The SMILES string of the molecule is CCN1CCCC2(CC1)CC(N)c1cc(Br)ccc1O2. The fourth-order valence-electron chi connectivity index (χ4n) is 3.53. The summed E-state index contributed by atoms with van der Waals surface area (Å²) < 4.78 is 7.50. The first-order valence-corrected chi connectivity index (χ1v) is 8.37. The molecule has 2 N–H and O–H groups in total. The maximum atomic E-state index is 6.43. The summed E-state index contributed by atoms with van der Waals surface area (Å²) in [6.07, 6.45) is 4.34. The molecule has 0 aromatic heterocycles. The molecule has 0 aliphatic carbocycles. The third-order valence-corrected chi connectivity index (χ3v) is 5.22. The van der Waals surface area contributed by atoms with Crippen LogP contribution in [0.3, 0.4) is 0 Å². The van der Waals surface area contributed by atoms with Gasteiger partial charge in [0.25, 0.3) is 0 Å². The van der Waals surface area contributed by atoms with E-state index in [-0.39, 0.29) is 11.6 Å². The predicted molar refractivity (Wildman–Crippen MR) is 85.0 cm³/mol. The van der Waals surface area contributed by atoms with Crippen LogP contribution >= 0.6 is 15.9 Å². The molecule has 110 valence electrons. The van der Waals surface area contributed by atoms with Gasteiger partial charge in [0.2, 0.25) is 0 Å². The van der Waals surface area contributed by atoms with Crippen LogP contribution in [0, 0.1) is 0 Å². The quantitative estimate of drug-likeness (QED) is 0.851. The molecule has 2 heterocycles. The summed E-state index contributed by atoms with van der Waals surface area (Å²) in [5.74, 6) is 0.983. The van der Waals surface area contributed by atoms with Gasteiger partial charge in [-0.05, 0) is 50.6 Å². The number of hydrogen-bond acceptors (Lipinski definition) is 3. The number of nitrogens with two attached hydrogens (primary N) is 1. The van der Waals surface area contributed by atoms with Gasteiger partial charge in [0.15, 0.2) is 0 Å². The summed E-state index contributed by atoms with van der Waals surface area (Å²) in [6.45, 7) is 5.67. The normalized spacial score (nSPS) is 30.6. The summed E-state index contributed by atoms with van der Waals surface area (Å²) in [7, 11) is 0. The van der Waals surface area contributed by atoms with Gasteiger partial charge in [-0.25, -0.2) is 0 Å². The van der Waals surface area contributed by atoms with Crippen molar-refractivity contribution in [2.24, 2.45) is 5.73 Å². The minimum Gasteiger partial charge on any atom is -0.487 e. The molecular formula is C16H23BrN2O. The third-order valence-electron chi connectivity index (χ3n) is 4.73. The van der Waals surface area contributed by atoms with Crippen molar-refractivity contribution in [2.75, 3.05) is 19.6 Å². The van der Waals surface area contributed by atoms with Crippen LogP contribution < -0.4 is 10.5 Å². The summed E-state index contributed by atoms with van der Waals surface area (Å²) >= 11 is 3.52. The van der Waals surface area contributed by atoms with Gasteiger partial charge in [0.1, 0.15) is 11.4 Å². The highest BCUT2D eigenvalue weighted by Gasteiger charge is 2.40. The molecule has 2 aliphatic rings. The molecule has 2 aliphatic heterocycles. The topological polar surface area (TPSA) is 38.5 Å². The van der Waals surface area contributed by atoms with E-state index >= 15 is 0 Å². The fraction of sp³-hybridized carbons (Fsp3) is 0.625. The molecule has 1 aromatic rings. The zero-order valence-electron chi connectivity index (χ0n) is 12.1. The van der Waals surface area contributed by atoms with Crippen LogP contribution in [0.2, 0.25) is 0 Å². The lowest BCUT2D eigenvalue weighted by Crippen LogP contribution is -2.43. The van der Waals surface area contributed by atoms with Crippen molar-refractivity contribution >= 4 is 15.9 Å². The Morgan fingerprint density at radius 3 is 3.05 bits per heavy atom. The molecule has 0 bridgehead atoms. The molecule has 1 aromatic carbocycles. The van der Waals surface area contributed by atoms with Crippen LogP contribution in [-0.4, -0.2) is 30.1 Å². The van der Waals surface area contributed by atoms with Gasteiger partial charge in [0, 0.05) is 29.0 Å². The van der Waals surface area contributed by atoms with Crippen molar-refractivity contribution in [3.63, 3.8) is 0 Å². The van der Waals surface area contributed by atoms with Gasteiger partial charge in [-0.2, -0.15) is 0 Å². The van der Waals surface area contributed by atoms with E-state index in [2.05, 4.69) is 39.9 Å². The molecule has 3 rings (SSSR count). The number of rotatable bonds is 1. The average molecular weight is 339 g/mol. The second-order valence-corrected chi connectivity index (χ2v) is 6.98. The first-order valence-electron chi connectivity index (χ1n) is 7.58. The number of hydrogen-bond donors (Lipinski definition) is 1. The van der Waals surface area contributed by atoms with E-state index in [4.69, 9.17) is 10.5 Å². The van der Waals surface area contributed by atoms with Crippen LogP contribution in [0.4, 0.5) is 0 Å². The molecule has 4 heteroatoms. The van der Waals surface area contributed by atoms with Gasteiger partial charge in [-0.3, -0.25) is 0 Å². The number of halogens is 1. The van der Waals surface area contributed by atoms with E-state index in [1.165, 1.54) is 13.0 Å². The number of nitrogens with zero attached hydrogens (tertiary/aromatic N) is 1. The van der Waals surface area contributed by atoms with E-state index in [1.54, 1.807) is 0 Å². The molecule has 2 atom stereocenters. The number of fused-ring (bicyclic) bond motifs is 1. The standard InChI is InChI=1S/C16H23BrN2O/c1-2-19-8-3-6-16(7-9-19)11-14(18)13-10-12(17)4-5-15(13)20-16/h4-5,10,14H,2-3,6-9,11,18H2,1H3. The Balaban J connectivity index is 1.85. The van der Waals surface area contributed by atoms with Crippen LogP contribution in [0.5, 0.6) is 5.75 Å². The zero-order valence-corrected chi connectivity index (χ0v) is 13.7. The van der Waals surface area contributed by atoms with E-state index in [1.807, 2.05) is 6.07 Å². The fourth-order valence-corrected chi connectivity index (χ4v) is 3.91. The van der Waals surface area contributed by atoms with Gasteiger partial charge in [-0.1, -0.05) is 22.9 Å². The summed E-state index contributed by atoms with van der Waals surface area (Å²) in [5, 5.41) is 0. The van der Waals surface area contributed by atoms with Crippen LogP contribution in [0.1, 0.15) is 44.2 Å². The van der Waals surface area contributed by atoms with Gasteiger partial charge in [0.05, 0.1) is 0 Å². The summed E-state index contributed by atoms with van der Waals surface area (Å²) in [4.78, 5) is 2.51. The Labute approximate surface area is 129 Å². The highest BCUT2D eigenvalue weighted by molar-refractivity contribution is 9.10. The van der Waals surface area contributed by atoms with Crippen molar-refractivity contribution in [1.82, 2.24) is 4.90 Å². The van der Waals surface area contributed by atoms with Crippen LogP contribution in [0.25, 0.3) is 0 Å². The van der Waals surface area contributed by atoms with Gasteiger partial charge >= 0.3 is 0 Å². The Hall–Kier alpha value is -0.580. The van der Waals surface area contributed by atoms with Crippen molar-refractivity contribution in [3.05, 3.63) is 28.2 Å². The van der Waals surface area contributed by atoms with Crippen LogP contribution in [-0.2, 0) is 0 Å². The lowest BCUT2D eigenvalue weighted by atomic mass is 9.82. The number of benzene rings is 1. The monoisotopic (exact) mass is 338 g/mol. The maximum absolute atomic E-state index is 6.43. The average Bonchev–Trinajstić information content (AvgIpc) is 2.62. The second-order valence-electron chi connectivity index (χ2n) is 6.07. The number of ether oxygens (including phenoxy) is 1. The first-order chi connectivity index (χ1) is 9.62. The lowest BCUT2D eigenvalue weighted by molar-refractivity contribution is 0.0219. The molecule has 20 heavy (non-hydrogen) atoms. The Morgan fingerprint density at radius 1 is 1.40 bits per heavy atom. The van der Waals surface area contributed by atoms with Crippen molar-refractivity contribution in [3.8, 4) is 5.75 Å².